The van der Waals surface area contributed by atoms with E-state index >= 15 is 0 Å². The number of hydrazone groups is 1. The molecule has 0 heterocycles. The standard InChI is InChI=1S/C27H27ClN4O6/c1-17-4-8-20(9-5-17)31-24(33)16-38-25-22(28)12-19(13-23(25)37-3)15-30-32-27(35)26(34)29-14-18-6-10-21(36-2)11-7-18/h4-13,15H,14,16H2,1-3H3,(H,29,34)(H,31,33)(H,32,35)/b30-15-. The van der Waals surface area contributed by atoms with Gasteiger partial charge in [-0.25, -0.2) is 5.43 Å². The van der Waals surface area contributed by atoms with Gasteiger partial charge >= 0.3 is 11.8 Å². The lowest BCUT2D eigenvalue weighted by atomic mass is 10.2. The van der Waals surface area contributed by atoms with Crippen molar-refractivity contribution in [3.05, 3.63) is 82.4 Å². The molecule has 3 rings (SSSR count). The van der Waals surface area contributed by atoms with Crippen molar-refractivity contribution in [2.75, 3.05) is 26.1 Å². The number of nitrogens with zero attached hydrogens (tertiary/aromatic N) is 1. The average molecular weight is 539 g/mol. The molecule has 0 fully saturated rings. The molecule has 10 nitrogen and oxygen atoms in total. The molecule has 11 heteroatoms. The van der Waals surface area contributed by atoms with Crippen molar-refractivity contribution in [3.63, 3.8) is 0 Å². The first-order chi connectivity index (χ1) is 18.3. The van der Waals surface area contributed by atoms with Crippen LogP contribution in [0.2, 0.25) is 5.02 Å². The molecule has 0 aliphatic rings. The molecule has 38 heavy (non-hydrogen) atoms. The Morgan fingerprint density at radius 1 is 0.947 bits per heavy atom. The lowest BCUT2D eigenvalue weighted by Crippen LogP contribution is -2.37. The topological polar surface area (TPSA) is 127 Å². The predicted molar refractivity (Wildman–Crippen MR) is 144 cm³/mol. The number of methoxy groups -OCH3 is 2. The third kappa shape index (κ3) is 8.24. The van der Waals surface area contributed by atoms with Crippen molar-refractivity contribution in [1.29, 1.82) is 0 Å². The Labute approximate surface area is 224 Å². The van der Waals surface area contributed by atoms with Crippen LogP contribution >= 0.6 is 11.6 Å². The van der Waals surface area contributed by atoms with E-state index in [0.29, 0.717) is 17.0 Å². The summed E-state index contributed by atoms with van der Waals surface area (Å²) in [7, 11) is 2.98. The zero-order valence-electron chi connectivity index (χ0n) is 21.0. The van der Waals surface area contributed by atoms with Crippen molar-refractivity contribution in [1.82, 2.24) is 10.7 Å². The summed E-state index contributed by atoms with van der Waals surface area (Å²) < 4.78 is 16.0. The van der Waals surface area contributed by atoms with Gasteiger partial charge in [-0.3, -0.25) is 14.4 Å². The van der Waals surface area contributed by atoms with Crippen LogP contribution in [0, 0.1) is 6.92 Å². The lowest BCUT2D eigenvalue weighted by molar-refractivity contribution is -0.139. The number of aryl methyl sites for hydroxylation is 1. The van der Waals surface area contributed by atoms with Gasteiger partial charge in [0, 0.05) is 12.2 Å². The number of carbonyl (C=O) groups is 3. The van der Waals surface area contributed by atoms with Gasteiger partial charge in [0.25, 0.3) is 5.91 Å². The molecule has 0 aromatic heterocycles. The number of benzene rings is 3. The summed E-state index contributed by atoms with van der Waals surface area (Å²) in [6.07, 6.45) is 1.29. The summed E-state index contributed by atoms with van der Waals surface area (Å²) in [6.45, 7) is 1.82. The molecular formula is C27H27ClN4O6. The van der Waals surface area contributed by atoms with Crippen molar-refractivity contribution >= 4 is 41.2 Å². The molecule has 3 aromatic rings. The van der Waals surface area contributed by atoms with Gasteiger partial charge < -0.3 is 24.8 Å². The highest BCUT2D eigenvalue weighted by molar-refractivity contribution is 6.35. The third-order valence-corrected chi connectivity index (χ3v) is 5.41. The monoisotopic (exact) mass is 538 g/mol. The van der Waals surface area contributed by atoms with Gasteiger partial charge in [0.05, 0.1) is 25.5 Å². The first-order valence-electron chi connectivity index (χ1n) is 11.4. The molecule has 3 amide bonds. The summed E-state index contributed by atoms with van der Waals surface area (Å²) in [5.41, 5.74) is 5.13. The molecule has 0 bridgehead atoms. The zero-order valence-corrected chi connectivity index (χ0v) is 21.8. The highest BCUT2D eigenvalue weighted by Gasteiger charge is 2.15. The van der Waals surface area contributed by atoms with E-state index in [1.54, 1.807) is 49.6 Å². The number of carbonyl (C=O) groups excluding carboxylic acids is 3. The molecule has 3 N–H and O–H groups in total. The fourth-order valence-corrected chi connectivity index (χ4v) is 3.42. The van der Waals surface area contributed by atoms with Crippen LogP contribution in [0.5, 0.6) is 17.2 Å². The summed E-state index contributed by atoms with van der Waals surface area (Å²) >= 11 is 6.33. The van der Waals surface area contributed by atoms with Crippen LogP contribution < -0.4 is 30.3 Å². The van der Waals surface area contributed by atoms with Gasteiger partial charge in [0.2, 0.25) is 0 Å². The zero-order chi connectivity index (χ0) is 27.5. The van der Waals surface area contributed by atoms with Crippen molar-refractivity contribution in [2.24, 2.45) is 5.10 Å². The predicted octanol–water partition coefficient (Wildman–Crippen LogP) is 3.45. The Hall–Kier alpha value is -4.57. The normalized spacial score (nSPS) is 10.5. The minimum absolute atomic E-state index is 0.164. The molecule has 3 aromatic carbocycles. The minimum Gasteiger partial charge on any atom is -0.497 e. The smallest absolute Gasteiger partial charge is 0.329 e. The molecule has 0 atom stereocenters. The largest absolute Gasteiger partial charge is 0.497 e. The summed E-state index contributed by atoms with van der Waals surface area (Å²) in [6, 6.07) is 17.5. The highest BCUT2D eigenvalue weighted by atomic mass is 35.5. The van der Waals surface area contributed by atoms with Crippen molar-refractivity contribution in [3.8, 4) is 17.2 Å². The van der Waals surface area contributed by atoms with Crippen molar-refractivity contribution in [2.45, 2.75) is 13.5 Å². The van der Waals surface area contributed by atoms with Crippen LogP contribution in [-0.2, 0) is 20.9 Å². The number of anilines is 1. The van der Waals surface area contributed by atoms with Crippen molar-refractivity contribution < 1.29 is 28.6 Å². The van der Waals surface area contributed by atoms with Crippen LogP contribution in [0.1, 0.15) is 16.7 Å². The Bertz CT molecular complexity index is 1310. The first-order valence-corrected chi connectivity index (χ1v) is 11.8. The number of rotatable bonds is 10. The summed E-state index contributed by atoms with van der Waals surface area (Å²) in [4.78, 5) is 36.3. The Kier molecular flexibility index (Phi) is 10.1. The van der Waals surface area contributed by atoms with E-state index in [1.807, 2.05) is 19.1 Å². The number of halogens is 1. The molecule has 0 saturated carbocycles. The van der Waals surface area contributed by atoms with Crippen LogP contribution in [0.3, 0.4) is 0 Å². The molecule has 198 valence electrons. The van der Waals surface area contributed by atoms with Gasteiger partial charge in [-0.1, -0.05) is 41.4 Å². The quantitative estimate of drug-likeness (QED) is 0.206. The fourth-order valence-electron chi connectivity index (χ4n) is 3.15. The summed E-state index contributed by atoms with van der Waals surface area (Å²) in [5, 5.41) is 9.19. The molecule has 0 radical (unpaired) electrons. The van der Waals surface area contributed by atoms with E-state index in [4.69, 9.17) is 25.8 Å². The maximum absolute atomic E-state index is 12.2. The van der Waals surface area contributed by atoms with E-state index in [9.17, 15) is 14.4 Å². The summed E-state index contributed by atoms with van der Waals surface area (Å²) in [5.74, 6) is -1.04. The van der Waals surface area contributed by atoms with E-state index in [-0.39, 0.29) is 35.6 Å². The van der Waals surface area contributed by atoms with Gasteiger partial charge in [-0.2, -0.15) is 5.10 Å². The van der Waals surface area contributed by atoms with E-state index in [2.05, 4.69) is 21.2 Å². The molecule has 0 saturated heterocycles. The number of amides is 3. The number of hydrogen-bond acceptors (Lipinski definition) is 7. The Balaban J connectivity index is 1.52. The molecule has 0 aliphatic heterocycles. The van der Waals surface area contributed by atoms with E-state index < -0.39 is 11.8 Å². The van der Waals surface area contributed by atoms with Gasteiger partial charge in [-0.15, -0.1) is 0 Å². The molecule has 0 spiro atoms. The molecule has 0 unspecified atom stereocenters. The molecule has 0 aliphatic carbocycles. The SMILES string of the molecule is COc1ccc(CNC(=O)C(=O)N/N=C\c2cc(Cl)c(OCC(=O)Nc3ccc(C)cc3)c(OC)c2)cc1. The van der Waals surface area contributed by atoms with Crippen LogP contribution in [-0.4, -0.2) is 44.8 Å². The second kappa shape index (κ2) is 13.7. The average Bonchev–Trinajstić information content (AvgIpc) is 2.92. The number of nitrogens with one attached hydrogen (secondary N) is 3. The van der Waals surface area contributed by atoms with Gasteiger partial charge in [0.1, 0.15) is 5.75 Å². The number of hydrogen-bond donors (Lipinski definition) is 3. The van der Waals surface area contributed by atoms with Gasteiger partial charge in [0.15, 0.2) is 18.1 Å². The third-order valence-electron chi connectivity index (χ3n) is 5.13. The Morgan fingerprint density at radius 3 is 2.32 bits per heavy atom. The highest BCUT2D eigenvalue weighted by Crippen LogP contribution is 2.36. The second-order valence-corrected chi connectivity index (χ2v) is 8.37. The lowest BCUT2D eigenvalue weighted by Gasteiger charge is -2.13. The van der Waals surface area contributed by atoms with Crippen LogP contribution in [0.25, 0.3) is 0 Å². The Morgan fingerprint density at radius 2 is 1.66 bits per heavy atom. The number of ether oxygens (including phenoxy) is 3. The minimum atomic E-state index is -0.938. The fraction of sp³-hybridized carbons (Fsp3) is 0.185. The maximum atomic E-state index is 12.2. The second-order valence-electron chi connectivity index (χ2n) is 7.97. The van der Waals surface area contributed by atoms with Crippen LogP contribution in [0.15, 0.2) is 65.8 Å². The van der Waals surface area contributed by atoms with Gasteiger partial charge in [-0.05, 0) is 54.4 Å². The maximum Gasteiger partial charge on any atom is 0.329 e. The van der Waals surface area contributed by atoms with E-state index in [0.717, 1.165) is 11.1 Å². The van der Waals surface area contributed by atoms with Crippen LogP contribution in [0.4, 0.5) is 5.69 Å². The van der Waals surface area contributed by atoms with E-state index in [1.165, 1.54) is 19.4 Å². The first kappa shape index (κ1) is 28.0. The molecular weight excluding hydrogens is 512 g/mol.